The van der Waals surface area contributed by atoms with E-state index < -0.39 is 0 Å². The lowest BCUT2D eigenvalue weighted by Gasteiger charge is -2.56. The van der Waals surface area contributed by atoms with Gasteiger partial charge in [0.1, 0.15) is 5.82 Å². The zero-order valence-electron chi connectivity index (χ0n) is 12.8. The van der Waals surface area contributed by atoms with Crippen molar-refractivity contribution in [3.8, 4) is 11.3 Å². The summed E-state index contributed by atoms with van der Waals surface area (Å²) in [5.74, 6) is -0.0695. The predicted octanol–water partition coefficient (Wildman–Crippen LogP) is 2.77. The largest absolute Gasteiger partial charge is 0.392 e. The molecule has 4 nitrogen and oxygen atoms in total. The summed E-state index contributed by atoms with van der Waals surface area (Å²) in [5, 5.41) is 10.9. The first kappa shape index (κ1) is 13.7. The van der Waals surface area contributed by atoms with Gasteiger partial charge in [-0.3, -0.25) is 0 Å². The van der Waals surface area contributed by atoms with Crippen molar-refractivity contribution in [3.05, 3.63) is 42.1 Å². The van der Waals surface area contributed by atoms with E-state index in [0.29, 0.717) is 0 Å². The van der Waals surface area contributed by atoms with Gasteiger partial charge < -0.3 is 14.4 Å². The minimum absolute atomic E-state index is 0.0203. The van der Waals surface area contributed by atoms with Gasteiger partial charge in [0.05, 0.1) is 30.4 Å². The Morgan fingerprint density at radius 3 is 2.91 bits per heavy atom. The standard InChI is InChI=1S/C18H19FN2O2/c19-11-1-2-12-13(7-11)15-9-20-10-21(15)16(12)14-8-18(17(14)22)3-5-23-6-4-18/h1-2,7,9-10,14,16-17,22H,3-6,8H2/t14-,16+,17+/m1/s1. The molecule has 5 rings (SSSR count). The Bertz CT molecular complexity index is 766. The molecule has 0 amide bonds. The average molecular weight is 314 g/mol. The summed E-state index contributed by atoms with van der Waals surface area (Å²) in [5.41, 5.74) is 2.99. The van der Waals surface area contributed by atoms with Gasteiger partial charge in [-0.1, -0.05) is 6.07 Å². The molecule has 5 heteroatoms. The Morgan fingerprint density at radius 2 is 2.13 bits per heavy atom. The van der Waals surface area contributed by atoms with Gasteiger partial charge in [0, 0.05) is 30.1 Å². The molecule has 0 radical (unpaired) electrons. The highest BCUT2D eigenvalue weighted by molar-refractivity contribution is 5.69. The Morgan fingerprint density at radius 1 is 1.30 bits per heavy atom. The number of imidazole rings is 1. The lowest BCUT2D eigenvalue weighted by molar-refractivity contribution is -0.173. The second-order valence-electron chi connectivity index (χ2n) is 7.15. The molecule has 1 aromatic heterocycles. The molecule has 3 aliphatic rings. The van der Waals surface area contributed by atoms with Crippen LogP contribution in [-0.2, 0) is 4.74 Å². The Labute approximate surface area is 133 Å². The van der Waals surface area contributed by atoms with Crippen LogP contribution in [0.4, 0.5) is 4.39 Å². The van der Waals surface area contributed by atoms with Crippen molar-refractivity contribution in [2.24, 2.45) is 11.3 Å². The Hall–Kier alpha value is -1.72. The number of hydrogen-bond acceptors (Lipinski definition) is 3. The first-order valence-corrected chi connectivity index (χ1v) is 8.27. The number of halogens is 1. The van der Waals surface area contributed by atoms with E-state index in [0.717, 1.165) is 49.3 Å². The summed E-state index contributed by atoms with van der Waals surface area (Å²) in [4.78, 5) is 4.23. The summed E-state index contributed by atoms with van der Waals surface area (Å²) >= 11 is 0. The van der Waals surface area contributed by atoms with E-state index in [1.54, 1.807) is 18.6 Å². The van der Waals surface area contributed by atoms with Crippen LogP contribution in [0, 0.1) is 17.2 Å². The number of nitrogens with zero attached hydrogens (tertiary/aromatic N) is 2. The zero-order valence-corrected chi connectivity index (χ0v) is 12.8. The Kier molecular flexibility index (Phi) is 2.77. The minimum atomic E-state index is -0.331. The lowest BCUT2D eigenvalue weighted by Crippen LogP contribution is -2.57. The van der Waals surface area contributed by atoms with Crippen molar-refractivity contribution >= 4 is 0 Å². The third-order valence-electron chi connectivity index (χ3n) is 6.15. The van der Waals surface area contributed by atoms with Crippen LogP contribution in [0.2, 0.25) is 0 Å². The van der Waals surface area contributed by atoms with Crippen LogP contribution in [0.15, 0.2) is 30.7 Å². The number of benzene rings is 1. The molecule has 120 valence electrons. The molecule has 3 atom stereocenters. The molecule has 2 aliphatic heterocycles. The number of rotatable bonds is 1. The van der Waals surface area contributed by atoms with Crippen molar-refractivity contribution in [3.63, 3.8) is 0 Å². The fourth-order valence-corrected chi connectivity index (χ4v) is 4.89. The highest BCUT2D eigenvalue weighted by Gasteiger charge is 2.57. The monoisotopic (exact) mass is 314 g/mol. The second kappa shape index (κ2) is 4.65. The topological polar surface area (TPSA) is 47.3 Å². The van der Waals surface area contributed by atoms with Crippen molar-refractivity contribution in [1.29, 1.82) is 0 Å². The quantitative estimate of drug-likeness (QED) is 0.880. The van der Waals surface area contributed by atoms with E-state index in [2.05, 4.69) is 9.55 Å². The number of fused-ring (bicyclic) bond motifs is 3. The van der Waals surface area contributed by atoms with E-state index in [1.807, 2.05) is 6.07 Å². The molecular weight excluding hydrogens is 295 g/mol. The van der Waals surface area contributed by atoms with Gasteiger partial charge in [-0.2, -0.15) is 0 Å². The van der Waals surface area contributed by atoms with Gasteiger partial charge in [-0.25, -0.2) is 9.37 Å². The molecule has 2 fully saturated rings. The maximum absolute atomic E-state index is 13.7. The highest BCUT2D eigenvalue weighted by atomic mass is 19.1. The molecular formula is C18H19FN2O2. The molecule has 1 saturated carbocycles. The average Bonchev–Trinajstić information content (AvgIpc) is 3.15. The minimum Gasteiger partial charge on any atom is -0.392 e. The number of aliphatic hydroxyl groups excluding tert-OH is 1. The number of aromatic nitrogens is 2. The molecule has 2 aromatic rings. The van der Waals surface area contributed by atoms with Crippen molar-refractivity contribution in [1.82, 2.24) is 9.55 Å². The summed E-state index contributed by atoms with van der Waals surface area (Å²) in [6.07, 6.45) is 6.13. The van der Waals surface area contributed by atoms with E-state index in [-0.39, 0.29) is 29.3 Å². The van der Waals surface area contributed by atoms with Gasteiger partial charge in [-0.05, 0) is 37.0 Å². The smallest absolute Gasteiger partial charge is 0.123 e. The molecule has 1 saturated heterocycles. The number of aliphatic hydroxyl groups is 1. The number of hydrogen-bond donors (Lipinski definition) is 1. The van der Waals surface area contributed by atoms with Crippen LogP contribution in [0.5, 0.6) is 0 Å². The van der Waals surface area contributed by atoms with E-state index in [1.165, 1.54) is 6.07 Å². The van der Waals surface area contributed by atoms with Gasteiger partial charge in [0.15, 0.2) is 0 Å². The first-order chi connectivity index (χ1) is 11.2. The lowest BCUT2D eigenvalue weighted by atomic mass is 9.53. The summed E-state index contributed by atoms with van der Waals surface area (Å²) in [6.45, 7) is 1.49. The number of ether oxygens (including phenoxy) is 1. The van der Waals surface area contributed by atoms with Crippen LogP contribution in [0.25, 0.3) is 11.3 Å². The molecule has 3 heterocycles. The molecule has 0 unspecified atom stereocenters. The highest BCUT2D eigenvalue weighted by Crippen LogP contribution is 2.59. The first-order valence-electron chi connectivity index (χ1n) is 8.27. The van der Waals surface area contributed by atoms with Gasteiger partial charge in [-0.15, -0.1) is 0 Å². The maximum atomic E-state index is 13.7. The normalized spacial score (nSPS) is 30.8. The van der Waals surface area contributed by atoms with Crippen molar-refractivity contribution in [2.75, 3.05) is 13.2 Å². The van der Waals surface area contributed by atoms with E-state index >= 15 is 0 Å². The zero-order chi connectivity index (χ0) is 15.6. The summed E-state index contributed by atoms with van der Waals surface area (Å²) in [6, 6.07) is 5.02. The molecule has 1 spiro atoms. The van der Waals surface area contributed by atoms with Gasteiger partial charge in [0.2, 0.25) is 0 Å². The molecule has 1 N–H and O–H groups in total. The Balaban J connectivity index is 1.53. The predicted molar refractivity (Wildman–Crippen MR) is 82.4 cm³/mol. The van der Waals surface area contributed by atoms with Gasteiger partial charge in [0.25, 0.3) is 0 Å². The molecule has 23 heavy (non-hydrogen) atoms. The van der Waals surface area contributed by atoms with E-state index in [9.17, 15) is 9.50 Å². The fourth-order valence-electron chi connectivity index (χ4n) is 4.89. The van der Waals surface area contributed by atoms with E-state index in [4.69, 9.17) is 4.74 Å². The van der Waals surface area contributed by atoms with Crippen LogP contribution in [0.1, 0.15) is 30.9 Å². The fraction of sp³-hybridized carbons (Fsp3) is 0.500. The van der Waals surface area contributed by atoms with Crippen molar-refractivity contribution in [2.45, 2.75) is 31.4 Å². The SMILES string of the molecule is O[C@H]1[C@@H]([C@@H]2c3ccc(F)cc3-c3cncn32)CC12CCOCC2. The van der Waals surface area contributed by atoms with Crippen LogP contribution >= 0.6 is 0 Å². The molecule has 1 aromatic carbocycles. The second-order valence-corrected chi connectivity index (χ2v) is 7.15. The van der Waals surface area contributed by atoms with Crippen LogP contribution in [0.3, 0.4) is 0 Å². The van der Waals surface area contributed by atoms with Crippen molar-refractivity contribution < 1.29 is 14.2 Å². The van der Waals surface area contributed by atoms with Crippen LogP contribution in [-0.4, -0.2) is 34.0 Å². The summed E-state index contributed by atoms with van der Waals surface area (Å²) in [7, 11) is 0. The van der Waals surface area contributed by atoms with Gasteiger partial charge >= 0.3 is 0 Å². The maximum Gasteiger partial charge on any atom is 0.123 e. The third-order valence-corrected chi connectivity index (χ3v) is 6.15. The molecule has 1 aliphatic carbocycles. The van der Waals surface area contributed by atoms with Crippen LogP contribution < -0.4 is 0 Å². The molecule has 0 bridgehead atoms. The third kappa shape index (κ3) is 1.75. The summed E-state index contributed by atoms with van der Waals surface area (Å²) < 4.78 is 21.2.